The van der Waals surface area contributed by atoms with Crippen LogP contribution in [-0.2, 0) is 16.2 Å². The molecule has 7 heteroatoms. The molecule has 0 radical (unpaired) electrons. The summed E-state index contributed by atoms with van der Waals surface area (Å²) in [6, 6.07) is 23.7. The van der Waals surface area contributed by atoms with Gasteiger partial charge in [0.05, 0.1) is 25.7 Å². The highest BCUT2D eigenvalue weighted by atomic mass is 16.6. The van der Waals surface area contributed by atoms with Gasteiger partial charge < -0.3 is 15.4 Å². The van der Waals surface area contributed by atoms with Crippen LogP contribution in [0.4, 0.5) is 0 Å². The lowest BCUT2D eigenvalue weighted by Gasteiger charge is -2.48. The molecule has 0 saturated heterocycles. The van der Waals surface area contributed by atoms with Crippen LogP contribution in [0.5, 0.6) is 5.75 Å². The van der Waals surface area contributed by atoms with Crippen LogP contribution in [0.25, 0.3) is 0 Å². The van der Waals surface area contributed by atoms with Gasteiger partial charge in [0, 0.05) is 17.6 Å². The van der Waals surface area contributed by atoms with E-state index in [1.807, 2.05) is 77.7 Å². The van der Waals surface area contributed by atoms with Crippen molar-refractivity contribution in [3.63, 3.8) is 0 Å². The van der Waals surface area contributed by atoms with Crippen LogP contribution in [0.15, 0.2) is 78.9 Å². The van der Waals surface area contributed by atoms with Crippen molar-refractivity contribution in [3.05, 3.63) is 101 Å². The molecule has 0 bridgehead atoms. The molecule has 1 heterocycles. The van der Waals surface area contributed by atoms with Crippen molar-refractivity contribution in [3.8, 4) is 5.75 Å². The van der Waals surface area contributed by atoms with Crippen molar-refractivity contribution in [2.75, 3.05) is 7.11 Å². The molecule has 1 fully saturated rings. The highest BCUT2D eigenvalue weighted by Gasteiger charge is 2.48. The number of hydrogen-bond acceptors (Lipinski definition) is 5. The molecule has 3 N–H and O–H groups in total. The molecule has 1 saturated carbocycles. The van der Waals surface area contributed by atoms with Crippen molar-refractivity contribution < 1.29 is 19.2 Å². The van der Waals surface area contributed by atoms with E-state index >= 15 is 0 Å². The molecular weight excluding hydrogens is 466 g/mol. The Labute approximate surface area is 217 Å². The normalized spacial score (nSPS) is 23.3. The van der Waals surface area contributed by atoms with Crippen LogP contribution in [0.2, 0.25) is 0 Å². The minimum Gasteiger partial charge on any atom is -0.497 e. The summed E-state index contributed by atoms with van der Waals surface area (Å²) < 4.78 is 5.36. The third-order valence-corrected chi connectivity index (χ3v) is 7.51. The summed E-state index contributed by atoms with van der Waals surface area (Å²) in [4.78, 5) is 35.4. The zero-order valence-electron chi connectivity index (χ0n) is 21.0. The lowest BCUT2D eigenvalue weighted by molar-refractivity contribution is -0.138. The van der Waals surface area contributed by atoms with Gasteiger partial charge in [-0.3, -0.25) is 14.4 Å². The maximum atomic E-state index is 14.0. The van der Waals surface area contributed by atoms with Gasteiger partial charge >= 0.3 is 0 Å². The number of nitrogens with two attached hydrogens (primary N) is 1. The molecule has 3 aromatic rings. The topological polar surface area (TPSA) is 93.9 Å². The smallest absolute Gasteiger partial charge is 0.255 e. The van der Waals surface area contributed by atoms with Crippen molar-refractivity contribution >= 4 is 11.8 Å². The van der Waals surface area contributed by atoms with Crippen molar-refractivity contribution in [2.24, 2.45) is 5.73 Å². The van der Waals surface area contributed by atoms with Crippen LogP contribution in [0, 0.1) is 0 Å². The van der Waals surface area contributed by atoms with Crippen molar-refractivity contribution in [2.45, 2.75) is 56.3 Å². The fraction of sp³-hybridized carbons (Fsp3) is 0.333. The third-order valence-electron chi connectivity index (χ3n) is 7.51. The Morgan fingerprint density at radius 2 is 1.68 bits per heavy atom. The summed E-state index contributed by atoms with van der Waals surface area (Å²) >= 11 is 0. The molecule has 5 rings (SSSR count). The first-order valence-corrected chi connectivity index (χ1v) is 12.8. The first-order valence-electron chi connectivity index (χ1n) is 12.8. The SMILES string of the molecule is COc1ccc([C@H]2[C@H](C(=O)NOCc3ccccc3)c3ccccc3C(=O)N2[C@@H]2CCCC[C@H]2N)cc1. The van der Waals surface area contributed by atoms with E-state index in [4.69, 9.17) is 15.3 Å². The Bertz CT molecular complexity index is 1230. The van der Waals surface area contributed by atoms with E-state index in [1.165, 1.54) is 0 Å². The van der Waals surface area contributed by atoms with E-state index in [0.717, 1.165) is 36.8 Å². The zero-order valence-corrected chi connectivity index (χ0v) is 21.0. The van der Waals surface area contributed by atoms with Gasteiger partial charge in [0.2, 0.25) is 0 Å². The molecule has 7 nitrogen and oxygen atoms in total. The largest absolute Gasteiger partial charge is 0.497 e. The first-order chi connectivity index (χ1) is 18.1. The van der Waals surface area contributed by atoms with Gasteiger partial charge in [-0.2, -0.15) is 0 Å². The number of hydroxylamine groups is 1. The molecule has 0 spiro atoms. The van der Waals surface area contributed by atoms with Gasteiger partial charge in [-0.15, -0.1) is 0 Å². The molecule has 2 aliphatic rings. The molecule has 4 atom stereocenters. The standard InChI is InChI=1S/C30H33N3O4/c1-36-22-17-15-21(16-18-22)28-27(29(34)32-37-19-20-9-3-2-4-10-20)23-11-5-6-12-24(23)30(35)33(28)26-14-8-7-13-25(26)31/h2-6,9-12,15-18,25-28H,7-8,13-14,19,31H2,1H3,(H,32,34)/t25-,26-,27-,28+/m1/s1. The monoisotopic (exact) mass is 499 g/mol. The number of ether oxygens (including phenoxy) is 1. The van der Waals surface area contributed by atoms with Gasteiger partial charge in [0.1, 0.15) is 5.75 Å². The Balaban J connectivity index is 1.54. The van der Waals surface area contributed by atoms with E-state index < -0.39 is 12.0 Å². The van der Waals surface area contributed by atoms with E-state index in [1.54, 1.807) is 13.2 Å². The number of nitrogens with one attached hydrogen (secondary N) is 1. The highest BCUT2D eigenvalue weighted by Crippen LogP contribution is 2.45. The number of hydrogen-bond donors (Lipinski definition) is 2. The van der Waals surface area contributed by atoms with Crippen LogP contribution in [0.1, 0.15) is 64.7 Å². The maximum absolute atomic E-state index is 14.0. The van der Waals surface area contributed by atoms with Crippen LogP contribution in [-0.4, -0.2) is 35.9 Å². The molecule has 37 heavy (non-hydrogen) atoms. The van der Waals surface area contributed by atoms with Crippen molar-refractivity contribution in [1.29, 1.82) is 0 Å². The molecule has 3 aromatic carbocycles. The molecule has 1 aliphatic carbocycles. The Morgan fingerprint density at radius 1 is 0.973 bits per heavy atom. The summed E-state index contributed by atoms with van der Waals surface area (Å²) in [6.45, 7) is 0.240. The predicted octanol–water partition coefficient (Wildman–Crippen LogP) is 4.49. The average Bonchev–Trinajstić information content (AvgIpc) is 2.94. The minimum atomic E-state index is -0.674. The summed E-state index contributed by atoms with van der Waals surface area (Å²) in [6.07, 6.45) is 3.69. The van der Waals surface area contributed by atoms with Crippen LogP contribution in [0.3, 0.4) is 0 Å². The predicted molar refractivity (Wildman–Crippen MR) is 141 cm³/mol. The molecule has 1 aliphatic heterocycles. The number of methoxy groups -OCH3 is 1. The van der Waals surface area contributed by atoms with Crippen LogP contribution < -0.4 is 16.0 Å². The van der Waals surface area contributed by atoms with Gasteiger partial charge in [-0.25, -0.2) is 5.48 Å². The minimum absolute atomic E-state index is 0.0898. The lowest BCUT2D eigenvalue weighted by Crippen LogP contribution is -2.57. The summed E-state index contributed by atoms with van der Waals surface area (Å²) in [7, 11) is 1.61. The fourth-order valence-electron chi connectivity index (χ4n) is 5.67. The van der Waals surface area contributed by atoms with Gasteiger partial charge in [0.15, 0.2) is 0 Å². The first kappa shape index (κ1) is 25.0. The third kappa shape index (κ3) is 5.10. The Morgan fingerprint density at radius 3 is 2.41 bits per heavy atom. The van der Waals surface area contributed by atoms with E-state index in [0.29, 0.717) is 16.9 Å². The quantitative estimate of drug-likeness (QED) is 0.467. The summed E-state index contributed by atoms with van der Waals surface area (Å²) in [5.74, 6) is -0.356. The van der Waals surface area contributed by atoms with Gasteiger partial charge in [0.25, 0.3) is 11.8 Å². The second kappa shape index (κ2) is 11.2. The molecular formula is C30H33N3O4. The molecule has 0 aromatic heterocycles. The highest BCUT2D eigenvalue weighted by molar-refractivity contribution is 6.01. The maximum Gasteiger partial charge on any atom is 0.255 e. The number of rotatable bonds is 7. The second-order valence-corrected chi connectivity index (χ2v) is 9.75. The van der Waals surface area contributed by atoms with E-state index in [9.17, 15) is 9.59 Å². The second-order valence-electron chi connectivity index (χ2n) is 9.75. The van der Waals surface area contributed by atoms with Gasteiger partial charge in [-0.05, 0) is 47.7 Å². The number of carbonyl (C=O) groups excluding carboxylic acids is 2. The number of amides is 2. The number of fused-ring (bicyclic) bond motifs is 1. The molecule has 0 unspecified atom stereocenters. The lowest BCUT2D eigenvalue weighted by atomic mass is 9.76. The molecule has 2 amide bonds. The summed E-state index contributed by atoms with van der Waals surface area (Å²) in [5, 5.41) is 0. The fourth-order valence-corrected chi connectivity index (χ4v) is 5.67. The van der Waals surface area contributed by atoms with E-state index in [2.05, 4.69) is 5.48 Å². The number of benzene rings is 3. The van der Waals surface area contributed by atoms with E-state index in [-0.39, 0.29) is 30.5 Å². The van der Waals surface area contributed by atoms with Crippen LogP contribution >= 0.6 is 0 Å². The Kier molecular flexibility index (Phi) is 7.53. The number of nitrogens with zero attached hydrogens (tertiary/aromatic N) is 1. The average molecular weight is 500 g/mol. The zero-order chi connectivity index (χ0) is 25.8. The Hall–Kier alpha value is -3.68. The van der Waals surface area contributed by atoms with Crippen molar-refractivity contribution in [1.82, 2.24) is 10.4 Å². The van der Waals surface area contributed by atoms with Gasteiger partial charge in [-0.1, -0.05) is 73.5 Å². The number of carbonyl (C=O) groups is 2. The summed E-state index contributed by atoms with van der Waals surface area (Å²) in [5.41, 5.74) is 12.3. The molecule has 192 valence electrons.